The summed E-state index contributed by atoms with van der Waals surface area (Å²) in [5.74, 6) is -0.672. The molecule has 0 saturated carbocycles. The van der Waals surface area contributed by atoms with Crippen LogP contribution >= 0.6 is 0 Å². The van der Waals surface area contributed by atoms with Crippen LogP contribution in [0.4, 0.5) is 11.4 Å². The molecule has 2 rings (SSSR count). The first-order valence-corrected chi connectivity index (χ1v) is 8.21. The maximum Gasteiger partial charge on any atom is 0.269 e. The Morgan fingerprint density at radius 3 is 2.17 bits per heavy atom. The Balaban J connectivity index is 2.20. The standard InChI is InChI=1S/C15H14N2O5S/c1-11(15(18)16-12-5-3-2-4-6-12)23(21,22)14-9-7-13(8-10-14)17(19)20/h2-11H,1H3,(H,16,18)/t11-/m1/s1. The van der Waals surface area contributed by atoms with Crippen molar-refractivity contribution in [3.05, 3.63) is 64.7 Å². The number of carbonyl (C=O) groups is 1. The Bertz CT molecular complexity index is 817. The van der Waals surface area contributed by atoms with Gasteiger partial charge in [-0.1, -0.05) is 18.2 Å². The van der Waals surface area contributed by atoms with Crippen LogP contribution in [0.15, 0.2) is 59.5 Å². The second-order valence-corrected chi connectivity index (χ2v) is 7.06. The molecule has 0 aliphatic carbocycles. The third-order valence-corrected chi connectivity index (χ3v) is 5.33. The van der Waals surface area contributed by atoms with E-state index in [0.29, 0.717) is 5.69 Å². The zero-order chi connectivity index (χ0) is 17.0. The number of anilines is 1. The monoisotopic (exact) mass is 334 g/mol. The number of sulfone groups is 1. The highest BCUT2D eigenvalue weighted by atomic mass is 32.2. The fourth-order valence-corrected chi connectivity index (χ4v) is 3.13. The second-order valence-electron chi connectivity index (χ2n) is 4.79. The van der Waals surface area contributed by atoms with Crippen molar-refractivity contribution < 1.29 is 18.1 Å². The van der Waals surface area contributed by atoms with E-state index in [9.17, 15) is 23.3 Å². The van der Waals surface area contributed by atoms with Crippen molar-refractivity contribution in [3.8, 4) is 0 Å². The van der Waals surface area contributed by atoms with Crippen LogP contribution in [0, 0.1) is 10.1 Å². The number of nitro benzene ring substituents is 1. The lowest BCUT2D eigenvalue weighted by molar-refractivity contribution is -0.384. The highest BCUT2D eigenvalue weighted by Crippen LogP contribution is 2.20. The maximum absolute atomic E-state index is 12.4. The summed E-state index contributed by atoms with van der Waals surface area (Å²) in [4.78, 5) is 21.9. The zero-order valence-corrected chi connectivity index (χ0v) is 13.0. The fraction of sp³-hybridized carbons (Fsp3) is 0.133. The van der Waals surface area contributed by atoms with E-state index < -0.39 is 25.9 Å². The van der Waals surface area contributed by atoms with E-state index in [1.54, 1.807) is 30.3 Å². The van der Waals surface area contributed by atoms with Crippen LogP contribution in [0.1, 0.15) is 6.92 Å². The molecule has 0 fully saturated rings. The van der Waals surface area contributed by atoms with E-state index >= 15 is 0 Å². The summed E-state index contributed by atoms with van der Waals surface area (Å²) >= 11 is 0. The van der Waals surface area contributed by atoms with Crippen molar-refractivity contribution in [2.75, 3.05) is 5.32 Å². The molecule has 0 aliphatic heterocycles. The molecular formula is C15H14N2O5S. The largest absolute Gasteiger partial charge is 0.325 e. The number of nitro groups is 1. The molecule has 0 aliphatic rings. The molecule has 0 saturated heterocycles. The molecule has 0 heterocycles. The minimum absolute atomic E-state index is 0.140. The smallest absolute Gasteiger partial charge is 0.269 e. The van der Waals surface area contributed by atoms with Crippen molar-refractivity contribution in [2.24, 2.45) is 0 Å². The SMILES string of the molecule is C[C@H](C(=O)Nc1ccccc1)S(=O)(=O)c1ccc([N+](=O)[O-])cc1. The quantitative estimate of drug-likeness (QED) is 0.667. The van der Waals surface area contributed by atoms with Crippen LogP contribution in [0.2, 0.25) is 0 Å². The lowest BCUT2D eigenvalue weighted by atomic mass is 10.3. The van der Waals surface area contributed by atoms with Crippen LogP contribution in [-0.2, 0) is 14.6 Å². The molecule has 0 aromatic heterocycles. The van der Waals surface area contributed by atoms with Crippen LogP contribution in [0.3, 0.4) is 0 Å². The first kappa shape index (κ1) is 16.6. The molecule has 7 nitrogen and oxygen atoms in total. The van der Waals surface area contributed by atoms with Crippen molar-refractivity contribution in [1.29, 1.82) is 0 Å². The Morgan fingerprint density at radius 1 is 1.09 bits per heavy atom. The fourth-order valence-electron chi connectivity index (χ4n) is 1.87. The third kappa shape index (κ3) is 3.72. The Kier molecular flexibility index (Phi) is 4.75. The topological polar surface area (TPSA) is 106 Å². The molecule has 0 radical (unpaired) electrons. The molecule has 0 bridgehead atoms. The Labute approximate surface area is 133 Å². The van der Waals surface area contributed by atoms with Gasteiger partial charge >= 0.3 is 0 Å². The number of carbonyl (C=O) groups excluding carboxylic acids is 1. The lowest BCUT2D eigenvalue weighted by Crippen LogP contribution is -2.32. The summed E-state index contributed by atoms with van der Waals surface area (Å²) < 4.78 is 24.8. The highest BCUT2D eigenvalue weighted by Gasteiger charge is 2.30. The van der Waals surface area contributed by atoms with Gasteiger partial charge in [0.15, 0.2) is 9.84 Å². The number of benzene rings is 2. The highest BCUT2D eigenvalue weighted by molar-refractivity contribution is 7.92. The van der Waals surface area contributed by atoms with Gasteiger partial charge in [-0.05, 0) is 31.2 Å². The molecule has 1 amide bonds. The van der Waals surface area contributed by atoms with Gasteiger partial charge in [0.1, 0.15) is 5.25 Å². The number of non-ortho nitro benzene ring substituents is 1. The molecule has 1 atom stereocenters. The van der Waals surface area contributed by atoms with Gasteiger partial charge in [0.05, 0.1) is 9.82 Å². The van der Waals surface area contributed by atoms with Crippen molar-refractivity contribution >= 4 is 27.1 Å². The van der Waals surface area contributed by atoms with Gasteiger partial charge in [0.25, 0.3) is 5.69 Å². The molecule has 120 valence electrons. The molecule has 0 unspecified atom stereocenters. The van der Waals surface area contributed by atoms with Gasteiger partial charge in [-0.25, -0.2) is 8.42 Å². The Hall–Kier alpha value is -2.74. The van der Waals surface area contributed by atoms with E-state index in [4.69, 9.17) is 0 Å². The van der Waals surface area contributed by atoms with Crippen molar-refractivity contribution in [1.82, 2.24) is 0 Å². The van der Waals surface area contributed by atoms with Gasteiger partial charge in [-0.15, -0.1) is 0 Å². The van der Waals surface area contributed by atoms with Crippen LogP contribution in [0.5, 0.6) is 0 Å². The lowest BCUT2D eigenvalue weighted by Gasteiger charge is -2.13. The van der Waals surface area contributed by atoms with E-state index in [1.165, 1.54) is 6.92 Å². The predicted molar refractivity (Wildman–Crippen MR) is 84.8 cm³/mol. The minimum Gasteiger partial charge on any atom is -0.325 e. The Morgan fingerprint density at radius 2 is 1.65 bits per heavy atom. The molecular weight excluding hydrogens is 320 g/mol. The van der Waals surface area contributed by atoms with Gasteiger partial charge in [-0.3, -0.25) is 14.9 Å². The molecule has 23 heavy (non-hydrogen) atoms. The first-order valence-electron chi connectivity index (χ1n) is 6.66. The predicted octanol–water partition coefficient (Wildman–Crippen LogP) is 2.40. The number of hydrogen-bond donors (Lipinski definition) is 1. The number of nitrogens with zero attached hydrogens (tertiary/aromatic N) is 1. The summed E-state index contributed by atoms with van der Waals surface area (Å²) in [5.41, 5.74) is 0.272. The summed E-state index contributed by atoms with van der Waals surface area (Å²) in [5, 5.41) is 11.8. The van der Waals surface area contributed by atoms with Gasteiger partial charge in [-0.2, -0.15) is 0 Å². The number of para-hydroxylation sites is 1. The normalized spacial score (nSPS) is 12.4. The average Bonchev–Trinajstić information content (AvgIpc) is 2.55. The van der Waals surface area contributed by atoms with E-state index in [-0.39, 0.29) is 10.6 Å². The van der Waals surface area contributed by atoms with Crippen molar-refractivity contribution in [3.63, 3.8) is 0 Å². The van der Waals surface area contributed by atoms with Gasteiger partial charge in [0, 0.05) is 17.8 Å². The number of amides is 1. The second kappa shape index (κ2) is 6.57. The van der Waals surface area contributed by atoms with Crippen LogP contribution < -0.4 is 5.32 Å². The summed E-state index contributed by atoms with van der Waals surface area (Å²) in [7, 11) is -3.94. The molecule has 8 heteroatoms. The van der Waals surface area contributed by atoms with E-state index in [2.05, 4.69) is 5.32 Å². The van der Waals surface area contributed by atoms with Crippen molar-refractivity contribution in [2.45, 2.75) is 17.1 Å². The van der Waals surface area contributed by atoms with Gasteiger partial charge in [0.2, 0.25) is 5.91 Å². The first-order chi connectivity index (χ1) is 10.8. The van der Waals surface area contributed by atoms with Crippen LogP contribution in [0.25, 0.3) is 0 Å². The zero-order valence-electron chi connectivity index (χ0n) is 12.2. The molecule has 1 N–H and O–H groups in total. The van der Waals surface area contributed by atoms with Gasteiger partial charge < -0.3 is 5.32 Å². The summed E-state index contributed by atoms with van der Waals surface area (Å²) in [6, 6.07) is 12.9. The number of nitrogens with one attached hydrogen (secondary N) is 1. The molecule has 2 aromatic rings. The average molecular weight is 334 g/mol. The summed E-state index contributed by atoms with van der Waals surface area (Å²) in [6.45, 7) is 1.27. The van der Waals surface area contributed by atoms with E-state index in [0.717, 1.165) is 24.3 Å². The minimum atomic E-state index is -3.94. The molecule has 0 spiro atoms. The summed E-state index contributed by atoms with van der Waals surface area (Å²) in [6.07, 6.45) is 0. The van der Waals surface area contributed by atoms with Crippen LogP contribution in [-0.4, -0.2) is 24.5 Å². The molecule has 2 aromatic carbocycles. The number of hydrogen-bond acceptors (Lipinski definition) is 5. The number of rotatable bonds is 5. The third-order valence-electron chi connectivity index (χ3n) is 3.25. The van der Waals surface area contributed by atoms with E-state index in [1.807, 2.05) is 0 Å². The maximum atomic E-state index is 12.4.